The third-order valence-electron chi connectivity index (χ3n) is 3.56. The first-order valence-corrected chi connectivity index (χ1v) is 9.15. The molecule has 7 nitrogen and oxygen atoms in total. The van der Waals surface area contributed by atoms with E-state index in [1.165, 1.54) is 17.6 Å². The van der Waals surface area contributed by atoms with Crippen LogP contribution < -0.4 is 16.1 Å². The fourth-order valence-corrected chi connectivity index (χ4v) is 2.84. The normalized spacial score (nSPS) is 10.4. The van der Waals surface area contributed by atoms with E-state index in [2.05, 4.69) is 21.2 Å². The molecule has 0 radical (unpaired) electrons. The molecule has 3 aromatic rings. The van der Waals surface area contributed by atoms with Gasteiger partial charge < -0.3 is 10.6 Å². The van der Waals surface area contributed by atoms with Gasteiger partial charge >= 0.3 is 11.8 Å². The van der Waals surface area contributed by atoms with E-state index in [1.807, 2.05) is 23.6 Å². The van der Waals surface area contributed by atoms with Gasteiger partial charge in [-0.3, -0.25) is 14.4 Å². The second-order valence-corrected chi connectivity index (χ2v) is 6.51. The number of thiophene rings is 1. The molecule has 0 saturated carbocycles. The summed E-state index contributed by atoms with van der Waals surface area (Å²) in [6.45, 7) is 0. The lowest BCUT2D eigenvalue weighted by atomic mass is 10.1. The molecular weight excluding hydrogens is 376 g/mol. The fraction of sp³-hybridized carbons (Fsp3) is 0. The molecular formula is C20H16N4O3S. The van der Waals surface area contributed by atoms with Crippen molar-refractivity contribution >= 4 is 46.6 Å². The van der Waals surface area contributed by atoms with Gasteiger partial charge in [0.05, 0.1) is 17.5 Å². The van der Waals surface area contributed by atoms with E-state index in [1.54, 1.807) is 48.5 Å². The van der Waals surface area contributed by atoms with Crippen molar-refractivity contribution in [3.63, 3.8) is 0 Å². The molecule has 0 bridgehead atoms. The highest BCUT2D eigenvalue weighted by atomic mass is 32.1. The average molecular weight is 392 g/mol. The molecule has 3 amide bonds. The van der Waals surface area contributed by atoms with E-state index in [9.17, 15) is 14.4 Å². The lowest BCUT2D eigenvalue weighted by Gasteiger charge is -2.11. The van der Waals surface area contributed by atoms with Crippen LogP contribution in [0.5, 0.6) is 0 Å². The molecule has 0 aliphatic rings. The molecule has 1 aromatic heterocycles. The van der Waals surface area contributed by atoms with Crippen LogP contribution in [-0.4, -0.2) is 23.9 Å². The molecule has 0 aliphatic heterocycles. The van der Waals surface area contributed by atoms with Gasteiger partial charge in [-0.15, -0.1) is 11.3 Å². The minimum atomic E-state index is -0.939. The van der Waals surface area contributed by atoms with E-state index in [-0.39, 0.29) is 11.3 Å². The molecule has 2 aromatic carbocycles. The number of para-hydroxylation sites is 2. The number of hydrogen-bond acceptors (Lipinski definition) is 5. The third kappa shape index (κ3) is 5.12. The zero-order chi connectivity index (χ0) is 19.8. The van der Waals surface area contributed by atoms with Gasteiger partial charge in [0.15, 0.2) is 0 Å². The standard InChI is InChI=1S/C20H16N4O3S/c25-18(22-14-7-2-1-3-8-14)16-10-4-5-11-17(16)23-19(26)20(27)24-21-13-15-9-6-12-28-15/h1-13H,(H,22,25)(H,23,26)(H,24,27)/b21-13-. The smallest absolute Gasteiger partial charge is 0.322 e. The Labute approximate surface area is 165 Å². The lowest BCUT2D eigenvalue weighted by molar-refractivity contribution is -0.136. The van der Waals surface area contributed by atoms with Gasteiger partial charge in [-0.2, -0.15) is 5.10 Å². The predicted octanol–water partition coefficient (Wildman–Crippen LogP) is 3.09. The number of carbonyl (C=O) groups excluding carboxylic acids is 3. The molecule has 0 atom stereocenters. The number of hydrogen-bond donors (Lipinski definition) is 3. The van der Waals surface area contributed by atoms with Crippen molar-refractivity contribution in [2.75, 3.05) is 10.6 Å². The molecule has 3 N–H and O–H groups in total. The molecule has 0 saturated heterocycles. The van der Waals surface area contributed by atoms with E-state index in [4.69, 9.17) is 0 Å². The first-order valence-electron chi connectivity index (χ1n) is 8.27. The largest absolute Gasteiger partial charge is 0.329 e. The van der Waals surface area contributed by atoms with Crippen LogP contribution in [0.25, 0.3) is 0 Å². The Hall–Kier alpha value is -3.78. The number of nitrogens with one attached hydrogen (secondary N) is 3. The van der Waals surface area contributed by atoms with Crippen LogP contribution in [0.1, 0.15) is 15.2 Å². The molecule has 0 spiro atoms. The summed E-state index contributed by atoms with van der Waals surface area (Å²) >= 11 is 1.45. The highest BCUT2D eigenvalue weighted by molar-refractivity contribution is 7.11. The van der Waals surface area contributed by atoms with Crippen molar-refractivity contribution in [1.82, 2.24) is 5.43 Å². The maximum atomic E-state index is 12.5. The predicted molar refractivity (Wildman–Crippen MR) is 110 cm³/mol. The van der Waals surface area contributed by atoms with Crippen molar-refractivity contribution < 1.29 is 14.4 Å². The maximum absolute atomic E-state index is 12.5. The maximum Gasteiger partial charge on any atom is 0.329 e. The van der Waals surface area contributed by atoms with Crippen molar-refractivity contribution in [3.8, 4) is 0 Å². The van der Waals surface area contributed by atoms with Gasteiger partial charge in [0.2, 0.25) is 0 Å². The molecule has 28 heavy (non-hydrogen) atoms. The minimum absolute atomic E-state index is 0.221. The van der Waals surface area contributed by atoms with E-state index >= 15 is 0 Å². The Morgan fingerprint density at radius 2 is 1.57 bits per heavy atom. The Morgan fingerprint density at radius 1 is 0.821 bits per heavy atom. The molecule has 0 aliphatic carbocycles. The van der Waals surface area contributed by atoms with Gasteiger partial charge in [0.25, 0.3) is 5.91 Å². The molecule has 0 unspecified atom stereocenters. The number of hydrazone groups is 1. The van der Waals surface area contributed by atoms with E-state index < -0.39 is 17.7 Å². The van der Waals surface area contributed by atoms with E-state index in [0.717, 1.165) is 4.88 Å². The van der Waals surface area contributed by atoms with Crippen molar-refractivity contribution in [1.29, 1.82) is 0 Å². The zero-order valence-corrected chi connectivity index (χ0v) is 15.4. The van der Waals surface area contributed by atoms with Gasteiger partial charge in [0.1, 0.15) is 0 Å². The number of amides is 3. The second kappa shape index (κ2) is 9.24. The van der Waals surface area contributed by atoms with Crippen molar-refractivity contribution in [2.24, 2.45) is 5.10 Å². The van der Waals surface area contributed by atoms with Gasteiger partial charge in [-0.25, -0.2) is 5.43 Å². The van der Waals surface area contributed by atoms with Crippen LogP contribution in [0, 0.1) is 0 Å². The zero-order valence-electron chi connectivity index (χ0n) is 14.6. The van der Waals surface area contributed by atoms with Crippen molar-refractivity contribution in [3.05, 3.63) is 82.6 Å². The molecule has 8 heteroatoms. The summed E-state index contributed by atoms with van der Waals surface area (Å²) in [6, 6.07) is 19.0. The van der Waals surface area contributed by atoms with Crippen molar-refractivity contribution in [2.45, 2.75) is 0 Å². The monoisotopic (exact) mass is 392 g/mol. The summed E-state index contributed by atoms with van der Waals surface area (Å²) < 4.78 is 0. The second-order valence-electron chi connectivity index (χ2n) is 5.53. The Kier molecular flexibility index (Phi) is 6.27. The highest BCUT2D eigenvalue weighted by Gasteiger charge is 2.17. The quantitative estimate of drug-likeness (QED) is 0.353. The van der Waals surface area contributed by atoms with Crippen LogP contribution >= 0.6 is 11.3 Å². The number of rotatable bonds is 5. The van der Waals surface area contributed by atoms with Crippen LogP contribution in [0.3, 0.4) is 0 Å². The van der Waals surface area contributed by atoms with Gasteiger partial charge in [-0.05, 0) is 35.7 Å². The topological polar surface area (TPSA) is 99.7 Å². The first-order chi connectivity index (χ1) is 13.6. The number of benzene rings is 2. The summed E-state index contributed by atoms with van der Waals surface area (Å²) in [6.07, 6.45) is 1.44. The van der Waals surface area contributed by atoms with Crippen LogP contribution in [0.15, 0.2) is 77.2 Å². The third-order valence-corrected chi connectivity index (χ3v) is 4.37. The fourth-order valence-electron chi connectivity index (χ4n) is 2.26. The molecule has 0 fully saturated rings. The highest BCUT2D eigenvalue weighted by Crippen LogP contribution is 2.17. The summed E-state index contributed by atoms with van der Waals surface area (Å²) in [5.41, 5.74) is 3.23. The van der Waals surface area contributed by atoms with Crippen LogP contribution in [-0.2, 0) is 9.59 Å². The lowest BCUT2D eigenvalue weighted by Crippen LogP contribution is -2.33. The first kappa shape index (κ1) is 19.0. The SMILES string of the molecule is O=C(N/N=C\c1cccs1)C(=O)Nc1ccccc1C(=O)Nc1ccccc1. The minimum Gasteiger partial charge on any atom is -0.322 e. The summed E-state index contributed by atoms with van der Waals surface area (Å²) in [4.78, 5) is 37.4. The number of anilines is 2. The van der Waals surface area contributed by atoms with Crippen LogP contribution in [0.4, 0.5) is 11.4 Å². The van der Waals surface area contributed by atoms with E-state index in [0.29, 0.717) is 5.69 Å². The Morgan fingerprint density at radius 3 is 2.32 bits per heavy atom. The van der Waals surface area contributed by atoms with Crippen LogP contribution in [0.2, 0.25) is 0 Å². The molecule has 3 rings (SSSR count). The Balaban J connectivity index is 1.64. The van der Waals surface area contributed by atoms with Gasteiger partial charge in [0, 0.05) is 10.6 Å². The summed E-state index contributed by atoms with van der Waals surface area (Å²) in [5, 5.41) is 10.8. The summed E-state index contributed by atoms with van der Waals surface area (Å²) in [7, 11) is 0. The Bertz CT molecular complexity index is 1000. The number of nitrogens with zero attached hydrogens (tertiary/aromatic N) is 1. The number of carbonyl (C=O) groups is 3. The van der Waals surface area contributed by atoms with Gasteiger partial charge in [-0.1, -0.05) is 36.4 Å². The molecule has 140 valence electrons. The molecule has 1 heterocycles. The summed E-state index contributed by atoms with van der Waals surface area (Å²) in [5.74, 6) is -2.27. The average Bonchev–Trinajstić information content (AvgIpc) is 3.22.